The molecule has 0 heterocycles. The van der Waals surface area contributed by atoms with E-state index in [9.17, 15) is 9.59 Å². The molecule has 0 bridgehead atoms. The summed E-state index contributed by atoms with van der Waals surface area (Å²) in [6, 6.07) is 0. The summed E-state index contributed by atoms with van der Waals surface area (Å²) in [5.74, 6) is 0.664. The Kier molecular flexibility index (Phi) is 6.94. The molecule has 1 fully saturated rings. The topological polar surface area (TPSA) is 55.4 Å². The lowest BCUT2D eigenvalue weighted by atomic mass is 9.85. The van der Waals surface area contributed by atoms with Gasteiger partial charge in [0, 0.05) is 0 Å². The van der Waals surface area contributed by atoms with E-state index in [-0.39, 0.29) is 5.78 Å². The van der Waals surface area contributed by atoms with E-state index in [1.807, 2.05) is 20.8 Å². The molecule has 5 heteroatoms. The number of hydrogen-bond acceptors (Lipinski definition) is 3. The maximum Gasteiger partial charge on any atom is 0.409 e. The maximum atomic E-state index is 12.0. The summed E-state index contributed by atoms with van der Waals surface area (Å²) in [4.78, 5) is 23.9. The number of amides is 1. The lowest BCUT2D eigenvalue weighted by Crippen LogP contribution is -2.50. The van der Waals surface area contributed by atoms with Gasteiger partial charge in [0.25, 0.3) is 0 Å². The fourth-order valence-electron chi connectivity index (χ4n) is 2.67. The minimum absolute atomic E-state index is 0.0234. The molecule has 0 radical (unpaired) electrons. The second-order valence-corrected chi connectivity index (χ2v) is 8.87. The predicted octanol–water partition coefficient (Wildman–Crippen LogP) is 4.59. The van der Waals surface area contributed by atoms with Crippen LogP contribution in [0.5, 0.6) is 0 Å². The molecule has 0 spiro atoms. The van der Waals surface area contributed by atoms with Crippen molar-refractivity contribution in [2.45, 2.75) is 81.8 Å². The number of carbonyl (C=O) groups is 2. The first kappa shape index (κ1) is 18.7. The quantitative estimate of drug-likeness (QED) is 0.411. The summed E-state index contributed by atoms with van der Waals surface area (Å²) < 4.78 is 4.42. The van der Waals surface area contributed by atoms with Crippen molar-refractivity contribution in [1.82, 2.24) is 5.32 Å². The van der Waals surface area contributed by atoms with Gasteiger partial charge in [0.1, 0.15) is 5.60 Å². The normalized spacial score (nSPS) is 19.7. The summed E-state index contributed by atoms with van der Waals surface area (Å²) in [6.45, 7) is 6.98. The van der Waals surface area contributed by atoms with E-state index >= 15 is 0 Å². The molecular formula is C16H28INO3. The Balaban J connectivity index is 2.56. The van der Waals surface area contributed by atoms with Crippen molar-refractivity contribution in [2.75, 3.05) is 0 Å². The van der Waals surface area contributed by atoms with Gasteiger partial charge < -0.3 is 10.1 Å². The first-order valence-electron chi connectivity index (χ1n) is 7.83. The Morgan fingerprint density at radius 3 is 2.24 bits per heavy atom. The van der Waals surface area contributed by atoms with Crippen LogP contribution in [-0.2, 0) is 9.53 Å². The van der Waals surface area contributed by atoms with Crippen LogP contribution in [0.1, 0.15) is 72.6 Å². The molecule has 0 aromatic carbocycles. The smallest absolute Gasteiger partial charge is 0.409 e. The third-order valence-corrected chi connectivity index (χ3v) is 5.45. The van der Waals surface area contributed by atoms with Crippen molar-refractivity contribution < 1.29 is 14.3 Å². The van der Waals surface area contributed by atoms with Gasteiger partial charge in [0.15, 0.2) is 9.33 Å². The van der Waals surface area contributed by atoms with Crippen LogP contribution in [0, 0.1) is 5.92 Å². The van der Waals surface area contributed by atoms with E-state index in [2.05, 4.69) is 27.9 Å². The van der Waals surface area contributed by atoms with E-state index in [1.165, 1.54) is 39.0 Å². The van der Waals surface area contributed by atoms with Crippen LogP contribution >= 0.6 is 22.6 Å². The molecule has 0 aromatic rings. The third-order valence-electron chi connectivity index (χ3n) is 3.88. The highest BCUT2D eigenvalue weighted by Crippen LogP contribution is 2.32. The number of rotatable bonds is 5. The summed E-state index contributed by atoms with van der Waals surface area (Å²) in [7, 11) is 0. The van der Waals surface area contributed by atoms with E-state index in [4.69, 9.17) is 4.74 Å². The molecule has 122 valence electrons. The van der Waals surface area contributed by atoms with Crippen LogP contribution in [0.15, 0.2) is 0 Å². The monoisotopic (exact) mass is 409 g/mol. The summed E-state index contributed by atoms with van der Waals surface area (Å²) in [5.41, 5.74) is -0.554. The Morgan fingerprint density at radius 2 is 1.76 bits per heavy atom. The zero-order valence-corrected chi connectivity index (χ0v) is 15.8. The summed E-state index contributed by atoms with van der Waals surface area (Å²) in [6.07, 6.45) is 7.54. The lowest BCUT2D eigenvalue weighted by Gasteiger charge is -2.30. The third kappa shape index (κ3) is 6.98. The Morgan fingerprint density at radius 1 is 1.19 bits per heavy atom. The second kappa shape index (κ2) is 7.79. The van der Waals surface area contributed by atoms with Crippen molar-refractivity contribution in [1.29, 1.82) is 0 Å². The molecule has 0 unspecified atom stereocenters. The predicted molar refractivity (Wildman–Crippen MR) is 92.6 cm³/mol. The number of hydrogen-bond donors (Lipinski definition) is 1. The Hall–Kier alpha value is -0.330. The van der Waals surface area contributed by atoms with Crippen LogP contribution in [0.2, 0.25) is 0 Å². The highest BCUT2D eigenvalue weighted by atomic mass is 127. The molecule has 1 N–H and O–H groups in total. The number of Topliss-reactive ketones (excluding diaryl/α,β-unsaturated/α-hetero) is 1. The molecule has 1 atom stereocenters. The highest BCUT2D eigenvalue weighted by molar-refractivity contribution is 14.1. The first-order valence-corrected chi connectivity index (χ1v) is 8.91. The fourth-order valence-corrected chi connectivity index (χ4v) is 3.20. The van der Waals surface area contributed by atoms with Crippen LogP contribution in [0.4, 0.5) is 4.79 Å². The van der Waals surface area contributed by atoms with Crippen molar-refractivity contribution in [3.63, 3.8) is 0 Å². The van der Waals surface area contributed by atoms with Crippen molar-refractivity contribution in [3.8, 4) is 0 Å². The number of alkyl halides is 1. The van der Waals surface area contributed by atoms with Gasteiger partial charge in [-0.25, -0.2) is 4.79 Å². The molecule has 0 aromatic heterocycles. The van der Waals surface area contributed by atoms with Crippen LogP contribution in [-0.4, -0.2) is 21.0 Å². The van der Waals surface area contributed by atoms with Crippen molar-refractivity contribution in [2.24, 2.45) is 5.92 Å². The van der Waals surface area contributed by atoms with Crippen LogP contribution in [0.25, 0.3) is 0 Å². The van der Waals surface area contributed by atoms with Gasteiger partial charge >= 0.3 is 6.09 Å². The van der Waals surface area contributed by atoms with Gasteiger partial charge in [-0.1, -0.05) is 32.1 Å². The van der Waals surface area contributed by atoms with Crippen LogP contribution < -0.4 is 5.32 Å². The maximum absolute atomic E-state index is 12.0. The second-order valence-electron chi connectivity index (χ2n) is 7.03. The van der Waals surface area contributed by atoms with Gasteiger partial charge in [0.2, 0.25) is 0 Å². The van der Waals surface area contributed by atoms with E-state index < -0.39 is 15.2 Å². The number of alkyl carbamates (subject to hydrolysis) is 1. The summed E-state index contributed by atoms with van der Waals surface area (Å²) >= 11 is 2.07. The van der Waals surface area contributed by atoms with Crippen molar-refractivity contribution >= 4 is 34.5 Å². The van der Waals surface area contributed by atoms with Gasteiger partial charge in [-0.15, -0.1) is 0 Å². The largest absolute Gasteiger partial charge is 0.444 e. The lowest BCUT2D eigenvalue weighted by molar-refractivity contribution is -0.119. The number of ketones is 1. The van der Waals surface area contributed by atoms with Gasteiger partial charge in [-0.2, -0.15) is 0 Å². The summed E-state index contributed by atoms with van der Waals surface area (Å²) in [5, 5.41) is 2.76. The van der Waals surface area contributed by atoms with Crippen LogP contribution in [0.3, 0.4) is 0 Å². The van der Waals surface area contributed by atoms with E-state index in [0.717, 1.165) is 6.42 Å². The number of carbonyl (C=O) groups excluding carboxylic acids is 2. The molecule has 21 heavy (non-hydrogen) atoms. The molecule has 0 aliphatic heterocycles. The average molecular weight is 409 g/mol. The minimum Gasteiger partial charge on any atom is -0.444 e. The zero-order chi connectivity index (χ0) is 16.1. The Labute approximate surface area is 141 Å². The minimum atomic E-state index is -0.850. The molecule has 0 saturated heterocycles. The highest BCUT2D eigenvalue weighted by Gasteiger charge is 2.36. The molecular weight excluding hydrogens is 381 g/mol. The fraction of sp³-hybridized carbons (Fsp3) is 0.875. The molecule has 4 nitrogen and oxygen atoms in total. The van der Waals surface area contributed by atoms with Gasteiger partial charge in [0.05, 0.1) is 0 Å². The SMILES string of the molecule is CC(=O)[C@@](I)(CCC1CCCCC1)NC(=O)OC(C)(C)C. The van der Waals surface area contributed by atoms with Crippen molar-refractivity contribution in [3.05, 3.63) is 0 Å². The Bertz CT molecular complexity index is 372. The standard InChI is InChI=1S/C16H28INO3/c1-12(19)16(17,18-14(20)21-15(2,3)4)11-10-13-8-6-5-7-9-13/h13H,5-11H2,1-4H3,(H,18,20)/t16-/m1/s1. The first-order chi connectivity index (χ1) is 9.62. The average Bonchev–Trinajstić information content (AvgIpc) is 2.35. The molecule has 1 aliphatic rings. The number of ether oxygens (including phenoxy) is 1. The van der Waals surface area contributed by atoms with Gasteiger partial charge in [-0.3, -0.25) is 4.79 Å². The molecule has 1 amide bonds. The molecule has 1 saturated carbocycles. The number of halogens is 1. The van der Waals surface area contributed by atoms with E-state index in [1.54, 1.807) is 0 Å². The molecule has 1 rings (SSSR count). The molecule has 1 aliphatic carbocycles. The zero-order valence-electron chi connectivity index (χ0n) is 13.6. The van der Waals surface area contributed by atoms with Gasteiger partial charge in [-0.05, 0) is 69.0 Å². The van der Waals surface area contributed by atoms with E-state index in [0.29, 0.717) is 12.3 Å². The number of nitrogens with one attached hydrogen (secondary N) is 1.